The van der Waals surface area contributed by atoms with Gasteiger partial charge in [0.25, 0.3) is 0 Å². The van der Waals surface area contributed by atoms with Gasteiger partial charge in [0.2, 0.25) is 0 Å². The summed E-state index contributed by atoms with van der Waals surface area (Å²) in [6.45, 7) is 3.40. The van der Waals surface area contributed by atoms with E-state index >= 15 is 0 Å². The molecule has 0 radical (unpaired) electrons. The van der Waals surface area contributed by atoms with Gasteiger partial charge in [-0.15, -0.1) is 0 Å². The van der Waals surface area contributed by atoms with Crippen molar-refractivity contribution in [2.45, 2.75) is 12.7 Å². The van der Waals surface area contributed by atoms with E-state index in [2.05, 4.69) is 16.1 Å². The smallest absolute Gasteiger partial charge is 0.333 e. The third kappa shape index (κ3) is 3.75. The summed E-state index contributed by atoms with van der Waals surface area (Å²) in [5, 5.41) is 8.88. The average Bonchev–Trinajstić information content (AvgIpc) is 2.02. The molecule has 0 fully saturated rings. The number of hydrogen-bond acceptors (Lipinski definition) is 4. The second-order valence-electron chi connectivity index (χ2n) is 1.99. The number of rotatable bonds is 4. The van der Waals surface area contributed by atoms with Crippen molar-refractivity contribution in [1.82, 2.24) is 0 Å². The molecule has 4 nitrogen and oxygen atoms in total. The summed E-state index contributed by atoms with van der Waals surface area (Å²) in [6, 6.07) is 0. The lowest BCUT2D eigenvalue weighted by molar-refractivity contribution is -0.138. The molecular formula is C7H12O4. The van der Waals surface area contributed by atoms with Gasteiger partial charge in [0.1, 0.15) is 0 Å². The van der Waals surface area contributed by atoms with E-state index in [1.54, 1.807) is 0 Å². The van der Waals surface area contributed by atoms with Gasteiger partial charge in [-0.05, 0) is 0 Å². The van der Waals surface area contributed by atoms with Crippen LogP contribution >= 0.6 is 0 Å². The zero-order valence-corrected chi connectivity index (χ0v) is 6.66. The number of esters is 1. The molecule has 0 spiro atoms. The molecule has 1 unspecified atom stereocenters. The summed E-state index contributed by atoms with van der Waals surface area (Å²) in [6.07, 6.45) is -0.912. The minimum atomic E-state index is -0.985. The maximum Gasteiger partial charge on any atom is 0.333 e. The van der Waals surface area contributed by atoms with Crippen LogP contribution in [0.3, 0.4) is 0 Å². The van der Waals surface area contributed by atoms with Crippen molar-refractivity contribution in [3.05, 3.63) is 12.2 Å². The second-order valence-corrected chi connectivity index (χ2v) is 1.99. The van der Waals surface area contributed by atoms with Crippen LogP contribution in [0, 0.1) is 0 Å². The fourth-order valence-corrected chi connectivity index (χ4v) is 0.522. The van der Waals surface area contributed by atoms with Gasteiger partial charge < -0.3 is 14.6 Å². The van der Waals surface area contributed by atoms with Crippen molar-refractivity contribution < 1.29 is 19.4 Å². The third-order valence-corrected chi connectivity index (χ3v) is 1.17. The lowest BCUT2D eigenvalue weighted by atomic mass is 10.2. The normalized spacial score (nSPS) is 12.3. The number of ether oxygens (including phenoxy) is 2. The first-order valence-corrected chi connectivity index (χ1v) is 3.08. The van der Waals surface area contributed by atoms with Crippen molar-refractivity contribution >= 4 is 5.97 Å². The highest BCUT2D eigenvalue weighted by Gasteiger charge is 2.11. The minimum Gasteiger partial charge on any atom is -0.466 e. The van der Waals surface area contributed by atoms with Crippen LogP contribution in [0.15, 0.2) is 12.2 Å². The molecule has 0 aliphatic carbocycles. The Morgan fingerprint density at radius 2 is 2.18 bits per heavy atom. The summed E-state index contributed by atoms with van der Waals surface area (Å²) >= 11 is 0. The molecule has 0 aliphatic rings. The molecule has 0 bridgehead atoms. The van der Waals surface area contributed by atoms with Crippen LogP contribution in [0.1, 0.15) is 6.42 Å². The Morgan fingerprint density at radius 1 is 1.64 bits per heavy atom. The van der Waals surface area contributed by atoms with Crippen molar-refractivity contribution in [3.63, 3.8) is 0 Å². The molecule has 0 aromatic heterocycles. The van der Waals surface area contributed by atoms with Crippen molar-refractivity contribution in [2.75, 3.05) is 14.2 Å². The molecule has 0 rings (SSSR count). The highest BCUT2D eigenvalue weighted by Crippen LogP contribution is 2.04. The summed E-state index contributed by atoms with van der Waals surface area (Å²) in [7, 11) is 2.60. The summed E-state index contributed by atoms with van der Waals surface area (Å²) in [5.74, 6) is -0.527. The van der Waals surface area contributed by atoms with Crippen LogP contribution in [0.2, 0.25) is 0 Å². The van der Waals surface area contributed by atoms with Crippen LogP contribution in [-0.2, 0) is 14.3 Å². The number of methoxy groups -OCH3 is 2. The monoisotopic (exact) mass is 160 g/mol. The highest BCUT2D eigenvalue weighted by molar-refractivity contribution is 5.87. The van der Waals surface area contributed by atoms with E-state index in [0.29, 0.717) is 0 Å². The number of carbonyl (C=O) groups is 1. The second kappa shape index (κ2) is 4.87. The summed E-state index contributed by atoms with van der Waals surface area (Å²) in [4.78, 5) is 10.7. The van der Waals surface area contributed by atoms with Crippen LogP contribution in [0.4, 0.5) is 0 Å². The van der Waals surface area contributed by atoms with Crippen LogP contribution < -0.4 is 0 Å². The number of hydrogen-bond donors (Lipinski definition) is 1. The predicted molar refractivity (Wildman–Crippen MR) is 38.8 cm³/mol. The fraction of sp³-hybridized carbons (Fsp3) is 0.571. The Balaban J connectivity index is 3.77. The van der Waals surface area contributed by atoms with Crippen molar-refractivity contribution in [3.8, 4) is 0 Å². The molecule has 1 N–H and O–H groups in total. The Morgan fingerprint density at radius 3 is 2.55 bits per heavy atom. The first-order valence-electron chi connectivity index (χ1n) is 3.08. The summed E-state index contributed by atoms with van der Waals surface area (Å²) in [5.41, 5.74) is 0.196. The first-order chi connectivity index (χ1) is 5.11. The van der Waals surface area contributed by atoms with Gasteiger partial charge in [-0.2, -0.15) is 0 Å². The van der Waals surface area contributed by atoms with E-state index < -0.39 is 12.3 Å². The molecule has 64 valence electrons. The molecule has 0 saturated carbocycles. The molecule has 0 heterocycles. The third-order valence-electron chi connectivity index (χ3n) is 1.17. The van der Waals surface area contributed by atoms with Crippen LogP contribution in [-0.4, -0.2) is 31.6 Å². The van der Waals surface area contributed by atoms with E-state index in [1.165, 1.54) is 14.2 Å². The molecule has 0 aromatic rings. The van der Waals surface area contributed by atoms with Gasteiger partial charge >= 0.3 is 5.97 Å². The SMILES string of the molecule is C=C(CC(O)OC)C(=O)OC. The van der Waals surface area contributed by atoms with E-state index in [1.807, 2.05) is 0 Å². The molecule has 0 saturated heterocycles. The maximum absolute atomic E-state index is 10.7. The highest BCUT2D eigenvalue weighted by atomic mass is 16.6. The minimum absolute atomic E-state index is 0.0726. The van der Waals surface area contributed by atoms with Gasteiger partial charge in [-0.25, -0.2) is 4.79 Å². The van der Waals surface area contributed by atoms with E-state index in [0.717, 1.165) is 0 Å². The maximum atomic E-state index is 10.7. The Kier molecular flexibility index (Phi) is 4.49. The molecule has 1 atom stereocenters. The Bertz CT molecular complexity index is 153. The average molecular weight is 160 g/mol. The molecule has 4 heteroatoms. The molecule has 0 amide bonds. The van der Waals surface area contributed by atoms with Crippen molar-refractivity contribution in [2.24, 2.45) is 0 Å². The fourth-order valence-electron chi connectivity index (χ4n) is 0.522. The van der Waals surface area contributed by atoms with E-state index in [4.69, 9.17) is 5.11 Å². The Labute approximate surface area is 65.4 Å². The van der Waals surface area contributed by atoms with Gasteiger partial charge in [-0.1, -0.05) is 6.58 Å². The van der Waals surface area contributed by atoms with Gasteiger partial charge in [-0.3, -0.25) is 0 Å². The lowest BCUT2D eigenvalue weighted by Gasteiger charge is -2.08. The quantitative estimate of drug-likeness (QED) is 0.359. The zero-order valence-electron chi connectivity index (χ0n) is 6.66. The standard InChI is InChI=1S/C7H12O4/c1-5(7(9)11-3)4-6(8)10-2/h6,8H,1,4H2,2-3H3. The number of aliphatic hydroxyl groups is 1. The lowest BCUT2D eigenvalue weighted by Crippen LogP contribution is -2.14. The van der Waals surface area contributed by atoms with E-state index in [9.17, 15) is 4.79 Å². The topological polar surface area (TPSA) is 55.8 Å². The van der Waals surface area contributed by atoms with Gasteiger partial charge in [0.15, 0.2) is 6.29 Å². The van der Waals surface area contributed by atoms with Gasteiger partial charge in [0.05, 0.1) is 7.11 Å². The zero-order chi connectivity index (χ0) is 8.85. The molecular weight excluding hydrogens is 148 g/mol. The molecule has 11 heavy (non-hydrogen) atoms. The number of aliphatic hydroxyl groups excluding tert-OH is 1. The molecule has 0 aromatic carbocycles. The molecule has 0 aliphatic heterocycles. The van der Waals surface area contributed by atoms with E-state index in [-0.39, 0.29) is 12.0 Å². The van der Waals surface area contributed by atoms with Crippen LogP contribution in [0.25, 0.3) is 0 Å². The van der Waals surface area contributed by atoms with Crippen molar-refractivity contribution in [1.29, 1.82) is 0 Å². The summed E-state index contributed by atoms with van der Waals surface area (Å²) < 4.78 is 8.85. The van der Waals surface area contributed by atoms with Crippen LogP contribution in [0.5, 0.6) is 0 Å². The first kappa shape index (κ1) is 10.1. The largest absolute Gasteiger partial charge is 0.466 e. The predicted octanol–water partition coefficient (Wildman–Crippen LogP) is 0.0705. The Hall–Kier alpha value is -0.870. The number of carbonyl (C=O) groups excluding carboxylic acids is 1. The van der Waals surface area contributed by atoms with Gasteiger partial charge in [0, 0.05) is 19.1 Å².